The van der Waals surface area contributed by atoms with Crippen molar-refractivity contribution in [2.75, 3.05) is 0 Å². The molecule has 0 saturated carbocycles. The molecule has 3 aromatic rings. The summed E-state index contributed by atoms with van der Waals surface area (Å²) in [7, 11) is 0. The van der Waals surface area contributed by atoms with Gasteiger partial charge in [0.15, 0.2) is 0 Å². The van der Waals surface area contributed by atoms with Gasteiger partial charge in [-0.1, -0.05) is 12.2 Å². The summed E-state index contributed by atoms with van der Waals surface area (Å²) in [5.41, 5.74) is 2.37. The van der Waals surface area contributed by atoms with Crippen LogP contribution in [-0.2, 0) is 0 Å². The molecule has 6 heteroatoms. The molecule has 2 heterocycles. The van der Waals surface area contributed by atoms with Crippen LogP contribution in [0.3, 0.4) is 0 Å². The molecule has 0 amide bonds. The summed E-state index contributed by atoms with van der Waals surface area (Å²) in [4.78, 5) is 0. The van der Waals surface area contributed by atoms with Gasteiger partial charge in [0.25, 0.3) is 0 Å². The third-order valence-electron chi connectivity index (χ3n) is 2.77. The Kier molecular flexibility index (Phi) is 2.45. The summed E-state index contributed by atoms with van der Waals surface area (Å²) in [5.74, 6) is -0.279. The lowest BCUT2D eigenvalue weighted by molar-refractivity contribution is 0.627. The first kappa shape index (κ1) is 11.0. The Bertz CT molecular complexity index is 773. The van der Waals surface area contributed by atoms with E-state index in [1.807, 2.05) is 6.92 Å². The second-order valence-electron chi connectivity index (χ2n) is 3.93. The number of fused-ring (bicyclic) bond motifs is 1. The zero-order chi connectivity index (χ0) is 12.7. The topological polar surface area (TPSA) is 46.5 Å². The molecule has 0 atom stereocenters. The molecule has 18 heavy (non-hydrogen) atoms. The van der Waals surface area contributed by atoms with Gasteiger partial charge in [0.1, 0.15) is 16.0 Å². The number of aryl methyl sites for hydroxylation is 1. The van der Waals surface area contributed by atoms with Gasteiger partial charge in [0.2, 0.25) is 0 Å². The largest absolute Gasteiger partial charge is 0.266 e. The maximum Gasteiger partial charge on any atom is 0.146 e. The maximum absolute atomic E-state index is 12.9. The number of nitrogens with zero attached hydrogens (tertiary/aromatic N) is 3. The molecule has 1 aromatic carbocycles. The van der Waals surface area contributed by atoms with E-state index in [2.05, 4.69) is 15.3 Å². The molecule has 90 valence electrons. The number of H-pyrrole nitrogens is 1. The van der Waals surface area contributed by atoms with Crippen molar-refractivity contribution in [3.8, 4) is 5.69 Å². The lowest BCUT2D eigenvalue weighted by atomic mass is 10.2. The van der Waals surface area contributed by atoms with Crippen LogP contribution in [0.4, 0.5) is 4.39 Å². The van der Waals surface area contributed by atoms with Gasteiger partial charge in [-0.15, -0.1) is 0 Å². The van der Waals surface area contributed by atoms with Gasteiger partial charge in [-0.05, 0) is 31.2 Å². The highest BCUT2D eigenvalue weighted by molar-refractivity contribution is 7.71. The highest BCUT2D eigenvalue weighted by Gasteiger charge is 2.09. The van der Waals surface area contributed by atoms with Crippen molar-refractivity contribution >= 4 is 23.1 Å². The van der Waals surface area contributed by atoms with E-state index in [9.17, 15) is 4.39 Å². The Hall–Kier alpha value is -2.08. The molecule has 0 aliphatic heterocycles. The van der Waals surface area contributed by atoms with E-state index in [0.717, 1.165) is 22.3 Å². The number of halogens is 1. The van der Waals surface area contributed by atoms with Gasteiger partial charge in [-0.2, -0.15) is 10.2 Å². The average Bonchev–Trinajstić information content (AvgIpc) is 2.81. The zero-order valence-electron chi connectivity index (χ0n) is 9.51. The lowest BCUT2D eigenvalue weighted by Gasteiger charge is -2.03. The predicted molar refractivity (Wildman–Crippen MR) is 68.7 cm³/mol. The Morgan fingerprint density at radius 3 is 2.72 bits per heavy atom. The van der Waals surface area contributed by atoms with E-state index in [4.69, 9.17) is 12.2 Å². The van der Waals surface area contributed by atoms with Gasteiger partial charge in [-0.25, -0.2) is 9.07 Å². The van der Waals surface area contributed by atoms with E-state index in [-0.39, 0.29) is 5.82 Å². The number of rotatable bonds is 1. The van der Waals surface area contributed by atoms with Gasteiger partial charge < -0.3 is 0 Å². The first-order chi connectivity index (χ1) is 8.66. The maximum atomic E-state index is 12.9. The van der Waals surface area contributed by atoms with Crippen LogP contribution in [0, 0.1) is 17.4 Å². The standard InChI is InChI=1S/C12H9FN4S/c1-7-10-6-14-17(11(10)12(18)16-15-7)9-4-2-8(13)3-5-9/h2-6H,1H3,(H,16,18). The molecule has 0 saturated heterocycles. The Balaban J connectivity index is 2.34. The first-order valence-corrected chi connectivity index (χ1v) is 5.76. The van der Waals surface area contributed by atoms with Crippen molar-refractivity contribution in [1.29, 1.82) is 0 Å². The van der Waals surface area contributed by atoms with Crippen molar-refractivity contribution in [3.05, 3.63) is 46.6 Å². The summed E-state index contributed by atoms with van der Waals surface area (Å²) < 4.78 is 15.1. The third-order valence-corrected chi connectivity index (χ3v) is 3.06. The van der Waals surface area contributed by atoms with Crippen molar-refractivity contribution in [3.63, 3.8) is 0 Å². The van der Waals surface area contributed by atoms with E-state index in [1.165, 1.54) is 12.1 Å². The van der Waals surface area contributed by atoms with Gasteiger partial charge >= 0.3 is 0 Å². The fourth-order valence-electron chi connectivity index (χ4n) is 1.86. The van der Waals surface area contributed by atoms with Crippen LogP contribution in [0.25, 0.3) is 16.6 Å². The summed E-state index contributed by atoms with van der Waals surface area (Å²) in [6, 6.07) is 6.10. The highest BCUT2D eigenvalue weighted by atomic mass is 32.1. The second kappa shape index (κ2) is 3.99. The number of hydrogen-bond acceptors (Lipinski definition) is 3. The van der Waals surface area contributed by atoms with Gasteiger partial charge in [0, 0.05) is 5.39 Å². The number of nitrogens with one attached hydrogen (secondary N) is 1. The Morgan fingerprint density at radius 2 is 2.00 bits per heavy atom. The van der Waals surface area contributed by atoms with Crippen LogP contribution in [0.2, 0.25) is 0 Å². The van der Waals surface area contributed by atoms with Crippen LogP contribution in [0.15, 0.2) is 30.5 Å². The van der Waals surface area contributed by atoms with Crippen LogP contribution in [0.5, 0.6) is 0 Å². The number of aromatic amines is 1. The fourth-order valence-corrected chi connectivity index (χ4v) is 2.10. The summed E-state index contributed by atoms with van der Waals surface area (Å²) in [5, 5.41) is 12.0. The minimum absolute atomic E-state index is 0.279. The molecule has 0 aliphatic rings. The molecule has 0 radical (unpaired) electrons. The molecular formula is C12H9FN4S. The normalized spacial score (nSPS) is 11.0. The molecule has 3 rings (SSSR count). The minimum Gasteiger partial charge on any atom is -0.266 e. The molecule has 2 aromatic heterocycles. The van der Waals surface area contributed by atoms with Crippen LogP contribution in [0.1, 0.15) is 5.69 Å². The zero-order valence-corrected chi connectivity index (χ0v) is 10.3. The Morgan fingerprint density at radius 1 is 1.28 bits per heavy atom. The van der Waals surface area contributed by atoms with Gasteiger partial charge in [0.05, 0.1) is 17.6 Å². The summed E-state index contributed by atoms with van der Waals surface area (Å²) >= 11 is 5.23. The van der Waals surface area contributed by atoms with Crippen molar-refractivity contribution in [1.82, 2.24) is 20.0 Å². The van der Waals surface area contributed by atoms with Crippen LogP contribution in [-0.4, -0.2) is 20.0 Å². The molecule has 4 nitrogen and oxygen atoms in total. The molecule has 1 N–H and O–H groups in total. The molecule has 0 unspecified atom stereocenters. The summed E-state index contributed by atoms with van der Waals surface area (Å²) in [6.07, 6.45) is 1.71. The fraction of sp³-hybridized carbons (Fsp3) is 0.0833. The smallest absolute Gasteiger partial charge is 0.146 e. The average molecular weight is 260 g/mol. The van der Waals surface area contributed by atoms with E-state index in [1.54, 1.807) is 23.0 Å². The molecule has 0 fully saturated rings. The molecular weight excluding hydrogens is 251 g/mol. The van der Waals surface area contributed by atoms with Crippen molar-refractivity contribution in [2.45, 2.75) is 6.92 Å². The summed E-state index contributed by atoms with van der Waals surface area (Å²) in [6.45, 7) is 1.88. The minimum atomic E-state index is -0.279. The quantitative estimate of drug-likeness (QED) is 0.684. The number of aromatic nitrogens is 4. The SMILES string of the molecule is Cc1n[nH]c(=S)c2c1cnn2-c1ccc(F)cc1. The van der Waals surface area contributed by atoms with Gasteiger partial charge in [-0.3, -0.25) is 5.10 Å². The van der Waals surface area contributed by atoms with Crippen LogP contribution < -0.4 is 0 Å². The van der Waals surface area contributed by atoms with E-state index < -0.39 is 0 Å². The molecule has 0 spiro atoms. The molecule has 0 aliphatic carbocycles. The molecule has 0 bridgehead atoms. The lowest BCUT2D eigenvalue weighted by Crippen LogP contribution is -1.98. The number of hydrogen-bond donors (Lipinski definition) is 1. The third kappa shape index (κ3) is 1.62. The van der Waals surface area contributed by atoms with Crippen LogP contribution >= 0.6 is 12.2 Å². The number of benzene rings is 1. The van der Waals surface area contributed by atoms with Crippen molar-refractivity contribution < 1.29 is 4.39 Å². The highest BCUT2D eigenvalue weighted by Crippen LogP contribution is 2.20. The van der Waals surface area contributed by atoms with E-state index >= 15 is 0 Å². The monoisotopic (exact) mass is 260 g/mol. The first-order valence-electron chi connectivity index (χ1n) is 5.36. The second-order valence-corrected chi connectivity index (χ2v) is 4.34. The van der Waals surface area contributed by atoms with E-state index in [0.29, 0.717) is 4.64 Å². The van der Waals surface area contributed by atoms with Crippen molar-refractivity contribution in [2.24, 2.45) is 0 Å². The predicted octanol–water partition coefficient (Wildman–Crippen LogP) is 2.93. The Labute approximate surface area is 107 Å².